The van der Waals surface area contributed by atoms with E-state index in [2.05, 4.69) is 285 Å². The third-order valence-electron chi connectivity index (χ3n) is 15.7. The summed E-state index contributed by atoms with van der Waals surface area (Å²) in [5, 5.41) is 12.5. The van der Waals surface area contributed by atoms with Crippen LogP contribution < -0.4 is 0 Å². The standard InChI is InChI=1S/C70H44N4/c1-3-15-51(16-4-1)71-65-26-14-10-22-59(65)69-66(71)40-39-58-55-19-7-13-25-64(55)74(70(58)69)54-37-33-46(34-38-54)48-28-30-49-41-47(27-29-50(49)42-48)45-31-35-53(36-32-45)73-63-24-12-9-21-57(63)61-43-67-60(44-68(61)73)56-20-8-11-23-62(56)72(67)52-17-5-2-6-18-52/h1-44H. The lowest BCUT2D eigenvalue weighted by molar-refractivity contribution is 1.17. The van der Waals surface area contributed by atoms with Crippen LogP contribution in [0.15, 0.2) is 267 Å². The number of hydrogen-bond donors (Lipinski definition) is 0. The minimum Gasteiger partial charge on any atom is -0.309 e. The highest BCUT2D eigenvalue weighted by Gasteiger charge is 2.22. The first-order valence-electron chi connectivity index (χ1n) is 25.5. The minimum absolute atomic E-state index is 1.14. The average molecular weight is 941 g/mol. The van der Waals surface area contributed by atoms with Crippen molar-refractivity contribution in [3.63, 3.8) is 0 Å². The fourth-order valence-electron chi connectivity index (χ4n) is 12.4. The van der Waals surface area contributed by atoms with E-state index in [1.54, 1.807) is 0 Å². The number of rotatable bonds is 6. The van der Waals surface area contributed by atoms with E-state index in [9.17, 15) is 0 Å². The molecule has 16 rings (SSSR count). The number of para-hydroxylation sites is 6. The second-order valence-corrected chi connectivity index (χ2v) is 19.7. The zero-order valence-electron chi connectivity index (χ0n) is 40.2. The molecule has 0 saturated carbocycles. The van der Waals surface area contributed by atoms with Gasteiger partial charge in [0.05, 0.1) is 44.1 Å². The lowest BCUT2D eigenvalue weighted by Gasteiger charge is -2.12. The van der Waals surface area contributed by atoms with E-state index in [1.165, 1.54) is 126 Å². The van der Waals surface area contributed by atoms with E-state index in [0.29, 0.717) is 0 Å². The van der Waals surface area contributed by atoms with Gasteiger partial charge in [0.25, 0.3) is 0 Å². The smallest absolute Gasteiger partial charge is 0.0641 e. The van der Waals surface area contributed by atoms with Crippen molar-refractivity contribution >= 4 is 98.0 Å². The van der Waals surface area contributed by atoms with Crippen molar-refractivity contribution in [2.45, 2.75) is 0 Å². The fourth-order valence-corrected chi connectivity index (χ4v) is 12.4. The maximum absolute atomic E-state index is 2.47. The van der Waals surface area contributed by atoms with Gasteiger partial charge in [-0.1, -0.05) is 164 Å². The Morgan fingerprint density at radius 2 is 0.554 bits per heavy atom. The van der Waals surface area contributed by atoms with Gasteiger partial charge in [0.15, 0.2) is 0 Å². The Morgan fingerprint density at radius 3 is 1.05 bits per heavy atom. The van der Waals surface area contributed by atoms with Crippen LogP contribution >= 0.6 is 0 Å². The summed E-state index contributed by atoms with van der Waals surface area (Å²) in [5.74, 6) is 0. The molecule has 0 saturated heterocycles. The maximum Gasteiger partial charge on any atom is 0.0641 e. The summed E-state index contributed by atoms with van der Waals surface area (Å²) in [6.07, 6.45) is 0. The van der Waals surface area contributed by atoms with Crippen LogP contribution in [0.4, 0.5) is 0 Å². The Kier molecular flexibility index (Phi) is 8.71. The molecule has 0 aliphatic carbocycles. The highest BCUT2D eigenvalue weighted by atomic mass is 15.0. The second-order valence-electron chi connectivity index (χ2n) is 19.7. The van der Waals surface area contributed by atoms with E-state index in [1.807, 2.05) is 0 Å². The maximum atomic E-state index is 2.47. The molecule has 12 aromatic carbocycles. The molecule has 0 radical (unpaired) electrons. The van der Waals surface area contributed by atoms with Crippen molar-refractivity contribution in [3.8, 4) is 45.0 Å². The molecule has 0 bridgehead atoms. The van der Waals surface area contributed by atoms with E-state index in [4.69, 9.17) is 0 Å². The SMILES string of the molecule is c1ccc(-n2c3ccccc3c3cc4c(cc32)c2ccccc2n4-c2ccc(-c3ccc4cc(-c5ccc(-n6c7ccccc7c7ccc8c(c9ccccc9n8-c8ccccc8)c76)cc5)ccc4c3)cc2)cc1. The summed E-state index contributed by atoms with van der Waals surface area (Å²) in [7, 11) is 0. The van der Waals surface area contributed by atoms with Gasteiger partial charge in [-0.05, 0) is 136 Å². The lowest BCUT2D eigenvalue weighted by atomic mass is 9.97. The largest absolute Gasteiger partial charge is 0.309 e. The number of nitrogens with zero attached hydrogens (tertiary/aromatic N) is 4. The summed E-state index contributed by atoms with van der Waals surface area (Å²) in [6.45, 7) is 0. The van der Waals surface area contributed by atoms with Crippen molar-refractivity contribution in [1.82, 2.24) is 18.3 Å². The van der Waals surface area contributed by atoms with E-state index in [0.717, 1.165) is 17.1 Å². The van der Waals surface area contributed by atoms with Gasteiger partial charge in [-0.15, -0.1) is 0 Å². The van der Waals surface area contributed by atoms with Crippen molar-refractivity contribution in [3.05, 3.63) is 267 Å². The van der Waals surface area contributed by atoms with Crippen LogP contribution in [0.5, 0.6) is 0 Å². The zero-order chi connectivity index (χ0) is 48.4. The molecule has 4 heterocycles. The van der Waals surface area contributed by atoms with E-state index in [-0.39, 0.29) is 0 Å². The molecule has 16 aromatic rings. The van der Waals surface area contributed by atoms with Crippen molar-refractivity contribution in [1.29, 1.82) is 0 Å². The topological polar surface area (TPSA) is 19.7 Å². The van der Waals surface area contributed by atoms with Crippen molar-refractivity contribution in [2.24, 2.45) is 0 Å². The fraction of sp³-hybridized carbons (Fsp3) is 0. The predicted octanol–water partition coefficient (Wildman–Crippen LogP) is 18.6. The molecule has 0 N–H and O–H groups in total. The summed E-state index contributed by atoms with van der Waals surface area (Å²) < 4.78 is 9.72. The molecular formula is C70H44N4. The van der Waals surface area contributed by atoms with Gasteiger partial charge >= 0.3 is 0 Å². The van der Waals surface area contributed by atoms with Gasteiger partial charge in [0.2, 0.25) is 0 Å². The van der Waals surface area contributed by atoms with Crippen LogP contribution in [0.2, 0.25) is 0 Å². The Balaban J connectivity index is 0.746. The van der Waals surface area contributed by atoms with Gasteiger partial charge in [-0.2, -0.15) is 0 Å². The van der Waals surface area contributed by atoms with Crippen LogP contribution in [0, 0.1) is 0 Å². The first kappa shape index (κ1) is 40.8. The molecule has 0 unspecified atom stereocenters. The Bertz CT molecular complexity index is 4910. The number of hydrogen-bond acceptors (Lipinski definition) is 0. The van der Waals surface area contributed by atoms with Crippen LogP contribution in [0.1, 0.15) is 0 Å². The molecule has 0 fully saturated rings. The molecule has 4 aromatic heterocycles. The number of fused-ring (bicyclic) bond motifs is 14. The summed E-state index contributed by atoms with van der Waals surface area (Å²) in [6, 6.07) is 98.1. The molecule has 74 heavy (non-hydrogen) atoms. The first-order chi connectivity index (χ1) is 36.7. The molecule has 0 amide bonds. The van der Waals surface area contributed by atoms with Gasteiger partial charge in [-0.25, -0.2) is 0 Å². The molecule has 344 valence electrons. The molecule has 0 atom stereocenters. The monoisotopic (exact) mass is 940 g/mol. The molecule has 0 aliphatic rings. The van der Waals surface area contributed by atoms with E-state index < -0.39 is 0 Å². The van der Waals surface area contributed by atoms with Crippen molar-refractivity contribution in [2.75, 3.05) is 0 Å². The van der Waals surface area contributed by atoms with Crippen LogP contribution in [-0.2, 0) is 0 Å². The van der Waals surface area contributed by atoms with Gasteiger partial charge < -0.3 is 18.3 Å². The predicted molar refractivity (Wildman–Crippen MR) is 312 cm³/mol. The van der Waals surface area contributed by atoms with Gasteiger partial charge in [0, 0.05) is 65.8 Å². The highest BCUT2D eigenvalue weighted by Crippen LogP contribution is 2.44. The zero-order valence-corrected chi connectivity index (χ0v) is 40.2. The van der Waals surface area contributed by atoms with Crippen LogP contribution in [0.25, 0.3) is 143 Å². The minimum atomic E-state index is 1.14. The number of aromatic nitrogens is 4. The van der Waals surface area contributed by atoms with Crippen molar-refractivity contribution < 1.29 is 0 Å². The van der Waals surface area contributed by atoms with E-state index >= 15 is 0 Å². The normalized spacial score (nSPS) is 12.1. The Hall–Kier alpha value is -9.90. The summed E-state index contributed by atoms with van der Waals surface area (Å²) in [5.41, 5.74) is 19.1. The quantitative estimate of drug-likeness (QED) is 0.158. The molecular weight excluding hydrogens is 897 g/mol. The highest BCUT2D eigenvalue weighted by molar-refractivity contribution is 6.26. The van der Waals surface area contributed by atoms with Crippen LogP contribution in [-0.4, -0.2) is 18.3 Å². The second kappa shape index (κ2) is 15.8. The molecule has 4 nitrogen and oxygen atoms in total. The summed E-state index contributed by atoms with van der Waals surface area (Å²) >= 11 is 0. The molecule has 0 aliphatic heterocycles. The number of benzene rings is 12. The molecule has 0 spiro atoms. The average Bonchev–Trinajstić information content (AvgIpc) is 4.22. The third kappa shape index (κ3) is 5.97. The molecule has 4 heteroatoms. The van der Waals surface area contributed by atoms with Gasteiger partial charge in [0.1, 0.15) is 0 Å². The van der Waals surface area contributed by atoms with Crippen LogP contribution in [0.3, 0.4) is 0 Å². The Morgan fingerprint density at radius 1 is 0.189 bits per heavy atom. The Labute approximate surface area is 426 Å². The first-order valence-corrected chi connectivity index (χ1v) is 25.5. The third-order valence-corrected chi connectivity index (χ3v) is 15.7. The summed E-state index contributed by atoms with van der Waals surface area (Å²) in [4.78, 5) is 0. The van der Waals surface area contributed by atoms with Gasteiger partial charge in [-0.3, -0.25) is 0 Å². The lowest BCUT2D eigenvalue weighted by Crippen LogP contribution is -1.95.